The Balaban J connectivity index is 1.78. The largest absolute Gasteiger partial charge is 0.480 e. The van der Waals surface area contributed by atoms with Gasteiger partial charge in [-0.15, -0.1) is 0 Å². The van der Waals surface area contributed by atoms with Crippen molar-refractivity contribution in [2.75, 3.05) is 5.32 Å². The normalized spacial score (nSPS) is 15.6. The first kappa shape index (κ1) is 17.0. The Morgan fingerprint density at radius 1 is 1.28 bits per heavy atom. The number of carbonyl (C=O) groups is 2. The van der Waals surface area contributed by atoms with E-state index in [1.165, 1.54) is 24.4 Å². The second-order valence-electron chi connectivity index (χ2n) is 5.91. The van der Waals surface area contributed by atoms with E-state index in [0.717, 1.165) is 16.8 Å². The fourth-order valence-electron chi connectivity index (χ4n) is 2.66. The van der Waals surface area contributed by atoms with E-state index < -0.39 is 29.0 Å². The predicted octanol–water partition coefficient (Wildman–Crippen LogP) is 2.66. The van der Waals surface area contributed by atoms with E-state index in [0.29, 0.717) is 18.4 Å². The number of amides is 1. The molecular formula is C16H14F3N3O3. The van der Waals surface area contributed by atoms with Crippen LogP contribution in [0.15, 0.2) is 36.5 Å². The van der Waals surface area contributed by atoms with Crippen LogP contribution in [-0.2, 0) is 27.7 Å². The Labute approximate surface area is 140 Å². The summed E-state index contributed by atoms with van der Waals surface area (Å²) in [6, 6.07) is 6.18. The predicted molar refractivity (Wildman–Crippen MR) is 80.8 cm³/mol. The van der Waals surface area contributed by atoms with Crippen molar-refractivity contribution in [3.05, 3.63) is 47.7 Å². The summed E-state index contributed by atoms with van der Waals surface area (Å²) >= 11 is 0. The van der Waals surface area contributed by atoms with Gasteiger partial charge in [-0.05, 0) is 24.5 Å². The number of alkyl halides is 3. The smallest absolute Gasteiger partial charge is 0.416 e. The topological polar surface area (TPSA) is 84.2 Å². The molecular weight excluding hydrogens is 339 g/mol. The van der Waals surface area contributed by atoms with Gasteiger partial charge in [0.25, 0.3) is 0 Å². The van der Waals surface area contributed by atoms with E-state index in [9.17, 15) is 22.8 Å². The van der Waals surface area contributed by atoms with E-state index in [1.807, 2.05) is 0 Å². The molecule has 1 fully saturated rings. The molecule has 9 heteroatoms. The number of nitrogens with one attached hydrogen (secondary N) is 1. The number of carboxylic acids is 1. The van der Waals surface area contributed by atoms with Gasteiger partial charge in [0.1, 0.15) is 6.54 Å². The summed E-state index contributed by atoms with van der Waals surface area (Å²) in [4.78, 5) is 23.2. The van der Waals surface area contributed by atoms with Crippen LogP contribution in [0.3, 0.4) is 0 Å². The van der Waals surface area contributed by atoms with E-state index in [1.54, 1.807) is 0 Å². The lowest BCUT2D eigenvalue weighted by Crippen LogP contribution is -2.28. The molecule has 1 heterocycles. The van der Waals surface area contributed by atoms with Gasteiger partial charge in [-0.2, -0.15) is 18.3 Å². The first-order chi connectivity index (χ1) is 11.7. The second-order valence-corrected chi connectivity index (χ2v) is 5.91. The van der Waals surface area contributed by atoms with Crippen LogP contribution in [0.5, 0.6) is 0 Å². The molecule has 2 N–H and O–H groups in total. The minimum Gasteiger partial charge on any atom is -0.480 e. The lowest BCUT2D eigenvalue weighted by Gasteiger charge is -2.16. The average Bonchev–Trinajstić information content (AvgIpc) is 3.24. The molecule has 1 saturated carbocycles. The molecule has 2 aromatic rings. The van der Waals surface area contributed by atoms with Crippen LogP contribution in [0.2, 0.25) is 0 Å². The van der Waals surface area contributed by atoms with Crippen molar-refractivity contribution < 1.29 is 27.9 Å². The van der Waals surface area contributed by atoms with Crippen molar-refractivity contribution in [2.24, 2.45) is 0 Å². The Hall–Kier alpha value is -2.84. The number of aliphatic carboxylic acids is 1. The molecule has 1 aromatic carbocycles. The van der Waals surface area contributed by atoms with E-state index in [2.05, 4.69) is 10.4 Å². The van der Waals surface area contributed by atoms with Gasteiger partial charge in [-0.1, -0.05) is 18.2 Å². The number of hydrogen-bond acceptors (Lipinski definition) is 3. The van der Waals surface area contributed by atoms with E-state index >= 15 is 0 Å². The van der Waals surface area contributed by atoms with Gasteiger partial charge in [0.05, 0.1) is 11.0 Å². The molecule has 0 atom stereocenters. The summed E-state index contributed by atoms with van der Waals surface area (Å²) in [5, 5.41) is 15.2. The minimum absolute atomic E-state index is 0.157. The molecule has 3 rings (SSSR count). The zero-order chi connectivity index (χ0) is 18.2. The van der Waals surface area contributed by atoms with E-state index in [-0.39, 0.29) is 12.4 Å². The zero-order valence-electron chi connectivity index (χ0n) is 12.9. The van der Waals surface area contributed by atoms with Gasteiger partial charge in [0, 0.05) is 12.3 Å². The molecule has 1 aliphatic carbocycles. The molecule has 0 spiro atoms. The molecule has 0 bridgehead atoms. The maximum Gasteiger partial charge on any atom is 0.416 e. The molecule has 25 heavy (non-hydrogen) atoms. The van der Waals surface area contributed by atoms with Gasteiger partial charge in [-0.3, -0.25) is 14.3 Å². The number of nitrogens with zero attached hydrogens (tertiary/aromatic N) is 2. The van der Waals surface area contributed by atoms with Crippen LogP contribution in [0, 0.1) is 0 Å². The standard InChI is InChI=1S/C16H14F3N3O3/c17-16(18,19)11-3-1-2-10(8-11)15(5-6-15)14(25)20-12-4-7-22(21-12)9-13(23)24/h1-4,7-8H,5-6,9H2,(H,23,24)(H,20,21,25). The highest BCUT2D eigenvalue weighted by Gasteiger charge is 2.52. The van der Waals surface area contributed by atoms with E-state index in [4.69, 9.17) is 5.11 Å². The van der Waals surface area contributed by atoms with Crippen molar-refractivity contribution in [2.45, 2.75) is 31.0 Å². The fourth-order valence-corrected chi connectivity index (χ4v) is 2.66. The highest BCUT2D eigenvalue weighted by Crippen LogP contribution is 2.49. The van der Waals surface area contributed by atoms with Crippen molar-refractivity contribution in [1.29, 1.82) is 0 Å². The van der Waals surface area contributed by atoms with Gasteiger partial charge in [0.2, 0.25) is 5.91 Å². The van der Waals surface area contributed by atoms with Gasteiger partial charge >= 0.3 is 12.1 Å². The van der Waals surface area contributed by atoms with Crippen LogP contribution >= 0.6 is 0 Å². The molecule has 1 amide bonds. The first-order valence-corrected chi connectivity index (χ1v) is 7.45. The monoisotopic (exact) mass is 353 g/mol. The molecule has 132 valence electrons. The Morgan fingerprint density at radius 3 is 2.60 bits per heavy atom. The third kappa shape index (κ3) is 3.49. The number of aromatic nitrogens is 2. The van der Waals surface area contributed by atoms with Crippen LogP contribution < -0.4 is 5.32 Å². The summed E-state index contributed by atoms with van der Waals surface area (Å²) in [6.45, 7) is -0.353. The Morgan fingerprint density at radius 2 is 2.00 bits per heavy atom. The highest BCUT2D eigenvalue weighted by atomic mass is 19.4. The Bertz CT molecular complexity index is 825. The van der Waals surface area contributed by atoms with Crippen molar-refractivity contribution in [1.82, 2.24) is 9.78 Å². The maximum atomic E-state index is 12.9. The summed E-state index contributed by atoms with van der Waals surface area (Å²) in [7, 11) is 0. The molecule has 0 unspecified atom stereocenters. The van der Waals surface area contributed by atoms with Crippen LogP contribution in [-0.4, -0.2) is 26.8 Å². The molecule has 1 aromatic heterocycles. The lowest BCUT2D eigenvalue weighted by molar-refractivity contribution is -0.138. The summed E-state index contributed by atoms with van der Waals surface area (Å²) < 4.78 is 39.8. The summed E-state index contributed by atoms with van der Waals surface area (Å²) in [5.41, 5.74) is -1.49. The molecule has 1 aliphatic rings. The summed E-state index contributed by atoms with van der Waals surface area (Å²) in [5.74, 6) is -1.37. The zero-order valence-corrected chi connectivity index (χ0v) is 12.9. The summed E-state index contributed by atoms with van der Waals surface area (Å²) in [6.07, 6.45) is -2.20. The maximum absolute atomic E-state index is 12.9. The number of halogens is 3. The van der Waals surface area contributed by atoms with Gasteiger partial charge < -0.3 is 10.4 Å². The molecule has 0 saturated heterocycles. The number of hydrogen-bond donors (Lipinski definition) is 2. The Kier molecular flexibility index (Phi) is 4.02. The molecule has 0 aliphatic heterocycles. The minimum atomic E-state index is -4.47. The third-order valence-corrected chi connectivity index (χ3v) is 4.11. The lowest BCUT2D eigenvalue weighted by atomic mass is 9.93. The highest BCUT2D eigenvalue weighted by molar-refractivity contribution is 6.00. The second kappa shape index (κ2) is 5.91. The SMILES string of the molecule is O=C(O)Cn1ccc(NC(=O)C2(c3cccc(C(F)(F)F)c3)CC2)n1. The quantitative estimate of drug-likeness (QED) is 0.866. The van der Waals surface area contributed by atoms with Gasteiger partial charge in [-0.25, -0.2) is 0 Å². The van der Waals surface area contributed by atoms with Crippen molar-refractivity contribution >= 4 is 17.7 Å². The first-order valence-electron chi connectivity index (χ1n) is 7.45. The number of benzene rings is 1. The van der Waals surface area contributed by atoms with Crippen LogP contribution in [0.1, 0.15) is 24.0 Å². The molecule has 0 radical (unpaired) electrons. The number of rotatable bonds is 5. The van der Waals surface area contributed by atoms with Crippen LogP contribution in [0.25, 0.3) is 0 Å². The third-order valence-electron chi connectivity index (χ3n) is 4.11. The fraction of sp³-hybridized carbons (Fsp3) is 0.312. The number of carbonyl (C=O) groups excluding carboxylic acids is 1. The van der Waals surface area contributed by atoms with Gasteiger partial charge in [0.15, 0.2) is 5.82 Å². The number of carboxylic acid groups (broad SMARTS) is 1. The van der Waals surface area contributed by atoms with Crippen molar-refractivity contribution in [3.8, 4) is 0 Å². The molecule has 6 nitrogen and oxygen atoms in total. The average molecular weight is 353 g/mol. The number of anilines is 1. The van der Waals surface area contributed by atoms with Crippen molar-refractivity contribution in [3.63, 3.8) is 0 Å². The van der Waals surface area contributed by atoms with Crippen LogP contribution in [0.4, 0.5) is 19.0 Å².